The van der Waals surface area contributed by atoms with Crippen LogP contribution in [0.3, 0.4) is 0 Å². The van der Waals surface area contributed by atoms with Crippen LogP contribution in [0.4, 0.5) is 0 Å². The van der Waals surface area contributed by atoms with Gasteiger partial charge in [-0.05, 0) is 24.1 Å². The van der Waals surface area contributed by atoms with Crippen molar-refractivity contribution in [3.8, 4) is 17.0 Å². The zero-order valence-corrected chi connectivity index (χ0v) is 16.0. The number of rotatable bonds is 7. The highest BCUT2D eigenvalue weighted by Gasteiger charge is 2.10. The van der Waals surface area contributed by atoms with E-state index >= 15 is 0 Å². The molecule has 0 bridgehead atoms. The molecule has 1 heterocycles. The van der Waals surface area contributed by atoms with E-state index in [2.05, 4.69) is 17.4 Å². The first-order valence-electron chi connectivity index (χ1n) is 9.68. The predicted molar refractivity (Wildman–Crippen MR) is 116 cm³/mol. The maximum atomic E-state index is 12.2. The van der Waals surface area contributed by atoms with Crippen LogP contribution in [-0.2, 0) is 11.2 Å². The lowest BCUT2D eigenvalue weighted by molar-refractivity contribution is -0.123. The number of ether oxygens (including phenoxy) is 1. The molecule has 0 aliphatic carbocycles. The Hall–Kier alpha value is -3.66. The molecule has 0 saturated carbocycles. The van der Waals surface area contributed by atoms with E-state index in [1.807, 2.05) is 78.9 Å². The van der Waals surface area contributed by atoms with Gasteiger partial charge >= 0.3 is 0 Å². The summed E-state index contributed by atoms with van der Waals surface area (Å²) in [4.78, 5) is 17.0. The van der Waals surface area contributed by atoms with Crippen LogP contribution >= 0.6 is 0 Å². The average molecular weight is 382 g/mol. The van der Waals surface area contributed by atoms with E-state index in [0.29, 0.717) is 12.3 Å². The summed E-state index contributed by atoms with van der Waals surface area (Å²) in [6.07, 6.45) is 0.795. The van der Waals surface area contributed by atoms with Crippen LogP contribution in [-0.4, -0.2) is 24.0 Å². The quantitative estimate of drug-likeness (QED) is 0.507. The number of hydrogen-bond acceptors (Lipinski definition) is 3. The van der Waals surface area contributed by atoms with Gasteiger partial charge < -0.3 is 10.1 Å². The molecule has 0 atom stereocenters. The second kappa shape index (κ2) is 9.02. The Morgan fingerprint density at radius 1 is 0.862 bits per heavy atom. The van der Waals surface area contributed by atoms with Crippen LogP contribution in [0, 0.1) is 0 Å². The van der Waals surface area contributed by atoms with E-state index in [9.17, 15) is 4.79 Å². The van der Waals surface area contributed by atoms with Crippen molar-refractivity contribution in [2.45, 2.75) is 6.42 Å². The van der Waals surface area contributed by atoms with Gasteiger partial charge in [0, 0.05) is 23.6 Å². The number of nitrogens with zero attached hydrogens (tertiary/aromatic N) is 1. The van der Waals surface area contributed by atoms with Crippen molar-refractivity contribution < 1.29 is 9.53 Å². The summed E-state index contributed by atoms with van der Waals surface area (Å²) in [6.45, 7) is 0.551. The molecule has 4 heteroatoms. The highest BCUT2D eigenvalue weighted by Crippen LogP contribution is 2.29. The lowest BCUT2D eigenvalue weighted by Crippen LogP contribution is -2.30. The van der Waals surface area contributed by atoms with Crippen LogP contribution in [0.15, 0.2) is 91.0 Å². The van der Waals surface area contributed by atoms with Gasteiger partial charge in [0.2, 0.25) is 0 Å². The molecule has 0 saturated heterocycles. The van der Waals surface area contributed by atoms with Crippen LogP contribution in [0.25, 0.3) is 22.2 Å². The monoisotopic (exact) mass is 382 g/mol. The van der Waals surface area contributed by atoms with E-state index in [1.54, 1.807) is 0 Å². The van der Waals surface area contributed by atoms with Crippen molar-refractivity contribution >= 4 is 16.8 Å². The third kappa shape index (κ3) is 4.79. The van der Waals surface area contributed by atoms with E-state index < -0.39 is 0 Å². The highest BCUT2D eigenvalue weighted by molar-refractivity contribution is 5.88. The Balaban J connectivity index is 1.45. The van der Waals surface area contributed by atoms with Crippen molar-refractivity contribution in [3.05, 3.63) is 96.6 Å². The van der Waals surface area contributed by atoms with Crippen molar-refractivity contribution in [3.63, 3.8) is 0 Å². The first kappa shape index (κ1) is 18.7. The molecule has 0 unspecified atom stereocenters. The number of pyridine rings is 1. The van der Waals surface area contributed by atoms with Gasteiger partial charge in [-0.1, -0.05) is 72.8 Å². The molecule has 0 fully saturated rings. The van der Waals surface area contributed by atoms with Gasteiger partial charge in [-0.2, -0.15) is 0 Å². The normalized spacial score (nSPS) is 10.6. The maximum Gasteiger partial charge on any atom is 0.257 e. The zero-order valence-electron chi connectivity index (χ0n) is 16.0. The minimum absolute atomic E-state index is 0.0307. The Morgan fingerprint density at radius 3 is 2.34 bits per heavy atom. The first-order chi connectivity index (χ1) is 14.3. The number of para-hydroxylation sites is 1. The van der Waals surface area contributed by atoms with Crippen molar-refractivity contribution in [1.82, 2.24) is 10.3 Å². The van der Waals surface area contributed by atoms with E-state index in [-0.39, 0.29) is 12.5 Å². The van der Waals surface area contributed by atoms with E-state index in [1.165, 1.54) is 5.56 Å². The fourth-order valence-corrected chi connectivity index (χ4v) is 3.20. The fraction of sp³-hybridized carbons (Fsp3) is 0.120. The Labute approximate surface area is 170 Å². The Kier molecular flexibility index (Phi) is 5.81. The number of amides is 1. The summed E-state index contributed by atoms with van der Waals surface area (Å²) in [6, 6.07) is 29.7. The molecular formula is C25H22N2O2. The zero-order chi connectivity index (χ0) is 19.9. The molecule has 0 radical (unpaired) electrons. The number of carbonyl (C=O) groups is 1. The topological polar surface area (TPSA) is 51.2 Å². The fourth-order valence-electron chi connectivity index (χ4n) is 3.20. The van der Waals surface area contributed by atoms with Gasteiger partial charge in [0.15, 0.2) is 6.61 Å². The molecular weight excluding hydrogens is 360 g/mol. The molecule has 4 rings (SSSR count). The number of hydrogen-bond donors (Lipinski definition) is 1. The summed E-state index contributed by atoms with van der Waals surface area (Å²) in [7, 11) is 0. The van der Waals surface area contributed by atoms with Gasteiger partial charge in [0.1, 0.15) is 5.75 Å². The summed E-state index contributed by atoms with van der Waals surface area (Å²) in [5, 5.41) is 3.81. The highest BCUT2D eigenvalue weighted by atomic mass is 16.5. The van der Waals surface area contributed by atoms with Gasteiger partial charge in [0.25, 0.3) is 5.91 Å². The number of fused-ring (bicyclic) bond motifs is 1. The van der Waals surface area contributed by atoms with Gasteiger partial charge in [0.05, 0.1) is 11.2 Å². The number of benzene rings is 3. The van der Waals surface area contributed by atoms with Crippen LogP contribution in [0.1, 0.15) is 5.56 Å². The molecule has 0 aliphatic rings. The molecule has 29 heavy (non-hydrogen) atoms. The van der Waals surface area contributed by atoms with Crippen LogP contribution < -0.4 is 10.1 Å². The number of aromatic nitrogens is 1. The minimum Gasteiger partial charge on any atom is -0.483 e. The second-order valence-electron chi connectivity index (χ2n) is 6.76. The minimum atomic E-state index is -0.136. The van der Waals surface area contributed by atoms with Crippen LogP contribution in [0.2, 0.25) is 0 Å². The van der Waals surface area contributed by atoms with Gasteiger partial charge in [-0.15, -0.1) is 0 Å². The molecule has 0 aliphatic heterocycles. The third-order valence-corrected chi connectivity index (χ3v) is 4.69. The predicted octanol–water partition coefficient (Wildman–Crippen LogP) is 4.64. The third-order valence-electron chi connectivity index (χ3n) is 4.69. The summed E-state index contributed by atoms with van der Waals surface area (Å²) >= 11 is 0. The maximum absolute atomic E-state index is 12.2. The van der Waals surface area contributed by atoms with Gasteiger partial charge in [-0.3, -0.25) is 4.79 Å². The molecule has 1 amide bonds. The molecule has 4 nitrogen and oxygen atoms in total. The van der Waals surface area contributed by atoms with Crippen molar-refractivity contribution in [2.24, 2.45) is 0 Å². The summed E-state index contributed by atoms with van der Waals surface area (Å²) < 4.78 is 5.89. The van der Waals surface area contributed by atoms with Crippen molar-refractivity contribution in [1.29, 1.82) is 0 Å². The van der Waals surface area contributed by atoms with Gasteiger partial charge in [-0.25, -0.2) is 4.98 Å². The molecule has 0 spiro atoms. The molecule has 1 aromatic heterocycles. The number of carbonyl (C=O) groups excluding carboxylic acids is 1. The largest absolute Gasteiger partial charge is 0.483 e. The lowest BCUT2D eigenvalue weighted by atomic mass is 10.1. The smallest absolute Gasteiger partial charge is 0.257 e. The molecule has 1 N–H and O–H groups in total. The summed E-state index contributed by atoms with van der Waals surface area (Å²) in [5.74, 6) is 0.524. The second-order valence-corrected chi connectivity index (χ2v) is 6.76. The van der Waals surface area contributed by atoms with E-state index in [0.717, 1.165) is 28.6 Å². The Morgan fingerprint density at radius 2 is 1.55 bits per heavy atom. The SMILES string of the molecule is O=C(COc1cc(-c2ccccc2)nc2ccccc12)NCCc1ccccc1. The molecule has 144 valence electrons. The standard InChI is InChI=1S/C25H22N2O2/c28-25(26-16-15-19-9-3-1-4-10-19)18-29-24-17-23(20-11-5-2-6-12-20)27-22-14-8-7-13-21(22)24/h1-14,17H,15-16,18H2,(H,26,28). The number of nitrogens with one attached hydrogen (secondary N) is 1. The molecule has 3 aromatic carbocycles. The first-order valence-corrected chi connectivity index (χ1v) is 9.68. The Bertz CT molecular complexity index is 1100. The molecule has 4 aromatic rings. The van der Waals surface area contributed by atoms with Crippen LogP contribution in [0.5, 0.6) is 5.75 Å². The van der Waals surface area contributed by atoms with E-state index in [4.69, 9.17) is 9.72 Å². The summed E-state index contributed by atoms with van der Waals surface area (Å²) in [5.41, 5.74) is 3.87. The average Bonchev–Trinajstić information content (AvgIpc) is 2.78. The van der Waals surface area contributed by atoms with Crippen molar-refractivity contribution in [2.75, 3.05) is 13.2 Å². The lowest BCUT2D eigenvalue weighted by Gasteiger charge is -2.12.